The van der Waals surface area contributed by atoms with E-state index >= 15 is 0 Å². The Morgan fingerprint density at radius 1 is 1.11 bits per heavy atom. The Balaban J connectivity index is 3.56. The SMILES string of the molecule is C=Cc1cccc(C(C(=O)NCCCCC)N(C(=O)C(CCC(N)=O)NC(=O)OC(C)(C)C)C(C)(C)C)c1. The molecule has 2 atom stereocenters. The standard InChI is InChI=1S/C29H46N4O5/c1-9-11-12-18-31-25(35)24(21-15-13-14-20(10-2)19-21)33(28(3,4)5)26(36)22(16-17-23(30)34)32-27(37)38-29(6,7)8/h10,13-15,19,22,24H,2,9,11-12,16-18H2,1,3-8H3,(H2,30,34)(H,31,35)(H,32,37). The van der Waals surface area contributed by atoms with Gasteiger partial charge in [-0.1, -0.05) is 50.6 Å². The van der Waals surface area contributed by atoms with Gasteiger partial charge in [0, 0.05) is 18.5 Å². The Morgan fingerprint density at radius 2 is 1.76 bits per heavy atom. The molecule has 212 valence electrons. The van der Waals surface area contributed by atoms with Gasteiger partial charge in [0.05, 0.1) is 0 Å². The summed E-state index contributed by atoms with van der Waals surface area (Å²) in [5.74, 6) is -1.47. The third-order valence-corrected chi connectivity index (χ3v) is 5.68. The number of hydrogen-bond acceptors (Lipinski definition) is 5. The van der Waals surface area contributed by atoms with Crippen LogP contribution in [0.3, 0.4) is 0 Å². The highest BCUT2D eigenvalue weighted by Gasteiger charge is 2.41. The second-order valence-electron chi connectivity index (χ2n) is 11.4. The summed E-state index contributed by atoms with van der Waals surface area (Å²) in [5.41, 5.74) is 5.13. The minimum absolute atomic E-state index is 0.0441. The third-order valence-electron chi connectivity index (χ3n) is 5.68. The van der Waals surface area contributed by atoms with Crippen LogP contribution in [-0.4, -0.2) is 52.4 Å². The third kappa shape index (κ3) is 10.9. The topological polar surface area (TPSA) is 131 Å². The van der Waals surface area contributed by atoms with Crippen LogP contribution in [0.1, 0.15) is 97.7 Å². The zero-order valence-corrected chi connectivity index (χ0v) is 24.1. The van der Waals surface area contributed by atoms with E-state index in [0.717, 1.165) is 24.8 Å². The molecule has 0 fully saturated rings. The van der Waals surface area contributed by atoms with E-state index in [1.807, 2.05) is 32.9 Å². The van der Waals surface area contributed by atoms with Crippen LogP contribution in [0.4, 0.5) is 4.79 Å². The molecule has 4 amide bonds. The van der Waals surface area contributed by atoms with Crippen molar-refractivity contribution >= 4 is 29.9 Å². The Hall–Kier alpha value is -3.36. The van der Waals surface area contributed by atoms with Gasteiger partial charge in [0.25, 0.3) is 0 Å². The number of carbonyl (C=O) groups is 4. The molecule has 0 radical (unpaired) electrons. The van der Waals surface area contributed by atoms with Crippen molar-refractivity contribution in [1.29, 1.82) is 0 Å². The highest BCUT2D eigenvalue weighted by atomic mass is 16.6. The number of primary amides is 1. The van der Waals surface area contributed by atoms with Crippen molar-refractivity contribution < 1.29 is 23.9 Å². The molecule has 0 heterocycles. The van der Waals surface area contributed by atoms with E-state index in [-0.39, 0.29) is 18.7 Å². The van der Waals surface area contributed by atoms with Crippen LogP contribution in [0.25, 0.3) is 6.08 Å². The van der Waals surface area contributed by atoms with Gasteiger partial charge in [0.1, 0.15) is 17.7 Å². The van der Waals surface area contributed by atoms with Crippen molar-refractivity contribution in [2.45, 2.75) is 104 Å². The van der Waals surface area contributed by atoms with Gasteiger partial charge in [-0.3, -0.25) is 14.4 Å². The summed E-state index contributed by atoms with van der Waals surface area (Å²) < 4.78 is 5.36. The number of amides is 4. The fourth-order valence-corrected chi connectivity index (χ4v) is 3.96. The monoisotopic (exact) mass is 530 g/mol. The van der Waals surface area contributed by atoms with E-state index in [0.29, 0.717) is 12.1 Å². The Morgan fingerprint density at radius 3 is 2.29 bits per heavy atom. The predicted octanol–water partition coefficient (Wildman–Crippen LogP) is 4.46. The number of carbonyl (C=O) groups excluding carboxylic acids is 4. The lowest BCUT2D eigenvalue weighted by Crippen LogP contribution is -2.58. The van der Waals surface area contributed by atoms with Gasteiger partial charge in [-0.05, 0) is 71.6 Å². The van der Waals surface area contributed by atoms with E-state index in [4.69, 9.17) is 10.5 Å². The number of hydrogen-bond donors (Lipinski definition) is 3. The predicted molar refractivity (Wildman–Crippen MR) is 150 cm³/mol. The molecule has 0 aromatic heterocycles. The lowest BCUT2D eigenvalue weighted by molar-refractivity contribution is -0.148. The molecular weight excluding hydrogens is 484 g/mol. The van der Waals surface area contributed by atoms with Gasteiger partial charge in [0.2, 0.25) is 17.7 Å². The average molecular weight is 531 g/mol. The minimum atomic E-state index is -1.14. The number of unbranched alkanes of at least 4 members (excludes halogenated alkanes) is 2. The first-order valence-corrected chi connectivity index (χ1v) is 13.2. The second-order valence-corrected chi connectivity index (χ2v) is 11.4. The molecular formula is C29H46N4O5. The normalized spacial score (nSPS) is 13.1. The maximum absolute atomic E-state index is 14.2. The number of nitrogens with two attached hydrogens (primary N) is 1. The molecule has 0 saturated heterocycles. The van der Waals surface area contributed by atoms with Crippen LogP contribution in [-0.2, 0) is 19.1 Å². The number of alkyl carbamates (subject to hydrolysis) is 1. The van der Waals surface area contributed by atoms with Gasteiger partial charge in [0.15, 0.2) is 0 Å². The van der Waals surface area contributed by atoms with Crippen LogP contribution in [0.15, 0.2) is 30.8 Å². The summed E-state index contributed by atoms with van der Waals surface area (Å²) in [6.07, 6.45) is 3.47. The highest BCUT2D eigenvalue weighted by molar-refractivity contribution is 5.93. The number of benzene rings is 1. The molecule has 0 spiro atoms. The van der Waals surface area contributed by atoms with Gasteiger partial charge in [-0.25, -0.2) is 4.79 Å². The van der Waals surface area contributed by atoms with Gasteiger partial charge in [-0.2, -0.15) is 0 Å². The summed E-state index contributed by atoms with van der Waals surface area (Å²) in [7, 11) is 0. The molecule has 0 saturated carbocycles. The number of rotatable bonds is 13. The highest BCUT2D eigenvalue weighted by Crippen LogP contribution is 2.31. The van der Waals surface area contributed by atoms with Crippen molar-refractivity contribution in [3.8, 4) is 0 Å². The number of nitrogens with zero attached hydrogens (tertiary/aromatic N) is 1. The zero-order valence-electron chi connectivity index (χ0n) is 24.1. The fourth-order valence-electron chi connectivity index (χ4n) is 3.96. The molecule has 1 aromatic carbocycles. The summed E-state index contributed by atoms with van der Waals surface area (Å²) in [6, 6.07) is 5.12. The summed E-state index contributed by atoms with van der Waals surface area (Å²) in [4.78, 5) is 53.5. The molecule has 2 unspecified atom stereocenters. The van der Waals surface area contributed by atoms with Crippen molar-refractivity contribution in [2.75, 3.05) is 6.54 Å². The minimum Gasteiger partial charge on any atom is -0.444 e. The summed E-state index contributed by atoms with van der Waals surface area (Å²) in [6.45, 7) is 16.9. The maximum Gasteiger partial charge on any atom is 0.408 e. The van der Waals surface area contributed by atoms with Gasteiger partial charge < -0.3 is 26.0 Å². The van der Waals surface area contributed by atoms with Crippen LogP contribution >= 0.6 is 0 Å². The van der Waals surface area contributed by atoms with Gasteiger partial charge >= 0.3 is 6.09 Å². The van der Waals surface area contributed by atoms with Crippen molar-refractivity contribution in [3.05, 3.63) is 42.0 Å². The maximum atomic E-state index is 14.2. The second kappa shape index (κ2) is 14.5. The molecule has 9 heteroatoms. The van der Waals surface area contributed by atoms with Crippen LogP contribution in [0, 0.1) is 0 Å². The number of ether oxygens (including phenoxy) is 1. The first kappa shape index (κ1) is 32.7. The summed E-state index contributed by atoms with van der Waals surface area (Å²) in [5, 5.41) is 5.58. The lowest BCUT2D eigenvalue weighted by Gasteiger charge is -2.43. The van der Waals surface area contributed by atoms with Crippen molar-refractivity contribution in [2.24, 2.45) is 5.73 Å². The quantitative estimate of drug-likeness (QED) is 0.324. The summed E-state index contributed by atoms with van der Waals surface area (Å²) >= 11 is 0. The molecule has 0 aliphatic heterocycles. The fraction of sp³-hybridized carbons (Fsp3) is 0.586. The molecule has 1 aromatic rings. The first-order valence-electron chi connectivity index (χ1n) is 13.2. The van der Waals surface area contributed by atoms with Crippen molar-refractivity contribution in [1.82, 2.24) is 15.5 Å². The molecule has 1 rings (SSSR count). The van der Waals surface area contributed by atoms with E-state index in [1.54, 1.807) is 39.0 Å². The van der Waals surface area contributed by atoms with Crippen LogP contribution in [0.5, 0.6) is 0 Å². The Labute approximate surface area is 227 Å². The van der Waals surface area contributed by atoms with Crippen LogP contribution < -0.4 is 16.4 Å². The Bertz CT molecular complexity index is 978. The smallest absolute Gasteiger partial charge is 0.408 e. The average Bonchev–Trinajstić information content (AvgIpc) is 2.80. The van der Waals surface area contributed by atoms with Crippen molar-refractivity contribution in [3.63, 3.8) is 0 Å². The lowest BCUT2D eigenvalue weighted by atomic mass is 9.93. The molecule has 9 nitrogen and oxygen atoms in total. The Kier molecular flexibility index (Phi) is 12.5. The molecule has 4 N–H and O–H groups in total. The van der Waals surface area contributed by atoms with Crippen LogP contribution in [0.2, 0.25) is 0 Å². The van der Waals surface area contributed by atoms with E-state index in [2.05, 4.69) is 24.1 Å². The molecule has 0 aliphatic rings. The number of nitrogens with one attached hydrogen (secondary N) is 2. The first-order chi connectivity index (χ1) is 17.6. The molecule has 0 aliphatic carbocycles. The van der Waals surface area contributed by atoms with Gasteiger partial charge in [-0.15, -0.1) is 0 Å². The van der Waals surface area contributed by atoms with E-state index < -0.39 is 41.1 Å². The molecule has 38 heavy (non-hydrogen) atoms. The van der Waals surface area contributed by atoms with E-state index in [9.17, 15) is 19.2 Å². The van der Waals surface area contributed by atoms with E-state index in [1.165, 1.54) is 4.90 Å². The molecule has 0 bridgehead atoms. The largest absolute Gasteiger partial charge is 0.444 e. The zero-order chi connectivity index (χ0) is 29.1.